The number of aromatic hydroxyl groups is 1. The quantitative estimate of drug-likeness (QED) is 0.252. The van der Waals surface area contributed by atoms with E-state index in [-0.39, 0.29) is 41.8 Å². The summed E-state index contributed by atoms with van der Waals surface area (Å²) < 4.78 is 14.8. The molecule has 2 heterocycles. The van der Waals surface area contributed by atoms with Crippen molar-refractivity contribution >= 4 is 40.2 Å². The van der Waals surface area contributed by atoms with Crippen LogP contribution in [0, 0.1) is 5.92 Å². The summed E-state index contributed by atoms with van der Waals surface area (Å²) in [4.78, 5) is 53.8. The lowest BCUT2D eigenvalue weighted by Crippen LogP contribution is -2.41. The summed E-state index contributed by atoms with van der Waals surface area (Å²) in [5.74, 6) is -0.891. The summed E-state index contributed by atoms with van der Waals surface area (Å²) in [5.41, 5.74) is 1.52. The average molecular weight is 665 g/mol. The molecular weight excluding hydrogens is 641 g/mol. The summed E-state index contributed by atoms with van der Waals surface area (Å²) in [6.07, 6.45) is 6.84. The van der Waals surface area contributed by atoms with Crippen LogP contribution in [0.15, 0.2) is 90.6 Å². The molecule has 2 aromatic carbocycles. The Labute approximate surface area is 247 Å². The van der Waals surface area contributed by atoms with Gasteiger partial charge in [0.25, 0.3) is 0 Å². The van der Waals surface area contributed by atoms with Crippen molar-refractivity contribution in [2.24, 2.45) is 5.92 Å². The number of aromatic nitrogens is 3. The number of allylic oxidation sites excluding steroid dienone is 7. The molecule has 11 heteroatoms. The number of para-hydroxylation sites is 1. The number of benzene rings is 2. The normalized spacial score (nSPS) is 19.9. The minimum absolute atomic E-state index is 0.107. The van der Waals surface area contributed by atoms with Gasteiger partial charge in [-0.05, 0) is 58.0 Å². The minimum Gasteiger partial charge on any atom is -0.502 e. The Bertz CT molecular complexity index is 1850. The third-order valence-electron chi connectivity index (χ3n) is 7.65. The summed E-state index contributed by atoms with van der Waals surface area (Å²) in [6.45, 7) is 0.128. The third kappa shape index (κ3) is 4.22. The van der Waals surface area contributed by atoms with Gasteiger partial charge in [-0.2, -0.15) is 0 Å². The minimum atomic E-state index is -0.646. The molecule has 0 saturated carbocycles. The second-order valence-corrected chi connectivity index (χ2v) is 10.9. The van der Waals surface area contributed by atoms with Crippen LogP contribution in [0.1, 0.15) is 18.0 Å². The summed E-state index contributed by atoms with van der Waals surface area (Å²) in [6, 6.07) is 11.3. The molecule has 2 atom stereocenters. The van der Waals surface area contributed by atoms with Gasteiger partial charge in [-0.25, -0.2) is 23.5 Å². The van der Waals surface area contributed by atoms with Crippen molar-refractivity contribution in [3.8, 4) is 22.9 Å². The van der Waals surface area contributed by atoms with E-state index >= 15 is 0 Å². The highest BCUT2D eigenvalue weighted by molar-refractivity contribution is 14.1. The van der Waals surface area contributed by atoms with Gasteiger partial charge >= 0.3 is 11.4 Å². The maximum atomic E-state index is 13.7. The molecular formula is C30H24IN3O7. The Morgan fingerprint density at radius 2 is 1.68 bits per heavy atom. The van der Waals surface area contributed by atoms with Gasteiger partial charge in [0.05, 0.1) is 36.1 Å². The second-order valence-electron chi connectivity index (χ2n) is 9.78. The van der Waals surface area contributed by atoms with Crippen LogP contribution >= 0.6 is 22.6 Å². The predicted octanol–water partition coefficient (Wildman–Crippen LogP) is 3.51. The van der Waals surface area contributed by atoms with Gasteiger partial charge in [0.15, 0.2) is 23.1 Å². The van der Waals surface area contributed by atoms with Gasteiger partial charge in [-0.1, -0.05) is 36.4 Å². The highest BCUT2D eigenvalue weighted by atomic mass is 127. The maximum Gasteiger partial charge on any atom is 0.352 e. The molecule has 1 aromatic heterocycles. The molecule has 0 radical (unpaired) electrons. The van der Waals surface area contributed by atoms with Crippen LogP contribution in [0.4, 0.5) is 0 Å². The number of methoxy groups -OCH3 is 2. The standard InChI is InChI=1S/C30H24IN3O7/c1-40-24-12-16(13-25(41-2)28(24)37)8-9-19-18-10-11-32-29(38)33(17-6-4-3-5-7-17)30(39)34(32)22(18)14-20-23(35)15-21(31)27(36)26(19)20/h3-10,12-13,15,19,22,37H,11,14H2,1-2H3. The third-order valence-corrected chi connectivity index (χ3v) is 8.45. The Morgan fingerprint density at radius 3 is 2.34 bits per heavy atom. The molecule has 0 fully saturated rings. The zero-order valence-corrected chi connectivity index (χ0v) is 24.2. The summed E-state index contributed by atoms with van der Waals surface area (Å²) >= 11 is 1.87. The number of phenols is 1. The molecule has 0 spiro atoms. The van der Waals surface area contributed by atoms with Crippen molar-refractivity contribution in [3.05, 3.63) is 108 Å². The first kappa shape index (κ1) is 26.8. The molecule has 1 aliphatic heterocycles. The Balaban J connectivity index is 1.51. The van der Waals surface area contributed by atoms with Crippen molar-refractivity contribution in [1.29, 1.82) is 0 Å². The molecule has 41 heavy (non-hydrogen) atoms. The number of carbonyl (C=O) groups excluding carboxylic acids is 2. The maximum absolute atomic E-state index is 13.7. The van der Waals surface area contributed by atoms with E-state index in [1.807, 2.05) is 28.7 Å². The van der Waals surface area contributed by atoms with E-state index in [1.54, 1.807) is 54.6 Å². The van der Waals surface area contributed by atoms with Gasteiger partial charge in [0.2, 0.25) is 5.75 Å². The zero-order valence-electron chi connectivity index (χ0n) is 22.0. The number of ether oxygens (including phenoxy) is 2. The van der Waals surface area contributed by atoms with Crippen LogP contribution < -0.4 is 20.9 Å². The first-order valence-corrected chi connectivity index (χ1v) is 13.8. The van der Waals surface area contributed by atoms with Crippen molar-refractivity contribution in [2.75, 3.05) is 14.2 Å². The van der Waals surface area contributed by atoms with Crippen molar-refractivity contribution in [3.63, 3.8) is 0 Å². The number of hydrogen-bond donors (Lipinski definition) is 1. The number of phenolic OH excluding ortho intramolecular Hbond substituents is 1. The first-order chi connectivity index (χ1) is 19.7. The van der Waals surface area contributed by atoms with Crippen molar-refractivity contribution < 1.29 is 24.2 Å². The molecule has 2 aliphatic carbocycles. The number of Topliss-reactive ketones (excluding diaryl/α,β-unsaturated/α-hetero) is 1. The van der Waals surface area contributed by atoms with Crippen LogP contribution in [-0.4, -0.2) is 44.8 Å². The number of halogens is 1. The van der Waals surface area contributed by atoms with Gasteiger partial charge in [0.1, 0.15) is 0 Å². The molecule has 2 unspecified atom stereocenters. The number of ketones is 2. The predicted molar refractivity (Wildman–Crippen MR) is 159 cm³/mol. The molecule has 208 valence electrons. The molecule has 0 bridgehead atoms. The Kier molecular flexibility index (Phi) is 6.68. The Hall–Kier alpha value is -4.39. The monoisotopic (exact) mass is 665 g/mol. The van der Waals surface area contributed by atoms with Gasteiger partial charge < -0.3 is 14.6 Å². The molecule has 10 nitrogen and oxygen atoms in total. The smallest absolute Gasteiger partial charge is 0.352 e. The van der Waals surface area contributed by atoms with Crippen molar-refractivity contribution in [2.45, 2.75) is 19.0 Å². The van der Waals surface area contributed by atoms with Gasteiger partial charge in [0, 0.05) is 29.6 Å². The molecule has 3 aliphatic rings. The van der Waals surface area contributed by atoms with Gasteiger partial charge in [-0.15, -0.1) is 0 Å². The molecule has 3 aromatic rings. The van der Waals surface area contributed by atoms with Crippen LogP contribution in [-0.2, 0) is 16.1 Å². The largest absolute Gasteiger partial charge is 0.502 e. The topological polar surface area (TPSA) is 122 Å². The van der Waals surface area contributed by atoms with Crippen LogP contribution in [0.2, 0.25) is 0 Å². The number of nitrogens with zero attached hydrogens (tertiary/aromatic N) is 3. The van der Waals surface area contributed by atoms with E-state index in [0.29, 0.717) is 26.0 Å². The molecule has 6 rings (SSSR count). The van der Waals surface area contributed by atoms with Crippen LogP contribution in [0.3, 0.4) is 0 Å². The van der Waals surface area contributed by atoms with E-state index in [1.165, 1.54) is 29.7 Å². The summed E-state index contributed by atoms with van der Waals surface area (Å²) in [5, 5.41) is 10.3. The lowest BCUT2D eigenvalue weighted by atomic mass is 9.71. The van der Waals surface area contributed by atoms with Crippen LogP contribution in [0.5, 0.6) is 17.2 Å². The van der Waals surface area contributed by atoms with Crippen LogP contribution in [0.25, 0.3) is 11.8 Å². The Morgan fingerprint density at radius 1 is 1.00 bits per heavy atom. The molecule has 1 N–H and O–H groups in total. The first-order valence-electron chi connectivity index (χ1n) is 12.8. The molecule has 0 amide bonds. The second kappa shape index (κ2) is 10.2. The van der Waals surface area contributed by atoms with E-state index < -0.39 is 23.3 Å². The zero-order chi connectivity index (χ0) is 29.0. The number of hydrogen-bond acceptors (Lipinski definition) is 7. The molecule has 0 saturated heterocycles. The summed E-state index contributed by atoms with van der Waals surface area (Å²) in [7, 11) is 2.86. The van der Waals surface area contributed by atoms with E-state index in [9.17, 15) is 24.3 Å². The fourth-order valence-corrected chi connectivity index (χ4v) is 6.33. The fourth-order valence-electron chi connectivity index (χ4n) is 5.76. The fraction of sp³-hybridized carbons (Fsp3) is 0.200. The average Bonchev–Trinajstić information content (AvgIpc) is 3.24. The highest BCUT2D eigenvalue weighted by Crippen LogP contribution is 2.47. The lowest BCUT2D eigenvalue weighted by molar-refractivity contribution is -0.115. The highest BCUT2D eigenvalue weighted by Gasteiger charge is 2.43. The number of carbonyl (C=O) groups is 2. The van der Waals surface area contributed by atoms with E-state index in [2.05, 4.69) is 0 Å². The van der Waals surface area contributed by atoms with E-state index in [0.717, 1.165) is 10.1 Å². The van der Waals surface area contributed by atoms with Crippen molar-refractivity contribution in [1.82, 2.24) is 13.9 Å². The number of rotatable bonds is 5. The van der Waals surface area contributed by atoms with E-state index in [4.69, 9.17) is 9.47 Å². The van der Waals surface area contributed by atoms with Gasteiger partial charge in [-0.3, -0.25) is 9.59 Å². The SMILES string of the molecule is COc1cc(C=CC2C3=CCn4c(=O)n(-c5ccccc5)c(=O)n4C3CC3=C2C(=O)C(I)=CC3=O)cc(OC)c1O. The number of fused-ring (bicyclic) bond motifs is 3. The lowest BCUT2D eigenvalue weighted by Gasteiger charge is -2.38.